The molecule has 1 spiro atoms. The molecule has 0 radical (unpaired) electrons. The van der Waals surface area contributed by atoms with Crippen molar-refractivity contribution in [2.75, 3.05) is 0 Å². The van der Waals surface area contributed by atoms with Crippen LogP contribution in [0.1, 0.15) is 72.9 Å². The molecule has 5 nitrogen and oxygen atoms in total. The first kappa shape index (κ1) is 17.0. The maximum Gasteiger partial charge on any atom is 0.252 e. The van der Waals surface area contributed by atoms with Crippen molar-refractivity contribution in [2.24, 2.45) is 23.5 Å². The smallest absolute Gasteiger partial charge is 0.252 e. The van der Waals surface area contributed by atoms with Gasteiger partial charge in [-0.1, -0.05) is 25.3 Å². The SMILES string of the molecule is NC(=O)c1ccc2c3c1O[C@H]1C(=O)CC[C@@]4(O)[C@@H](C2)C(CC2CCC2)CC[C@]314. The molecule has 5 heteroatoms. The van der Waals surface area contributed by atoms with Crippen molar-refractivity contribution in [1.82, 2.24) is 0 Å². The molecule has 1 heterocycles. The van der Waals surface area contributed by atoms with Crippen LogP contribution in [0.2, 0.25) is 0 Å². The van der Waals surface area contributed by atoms with Gasteiger partial charge in [-0.05, 0) is 61.5 Å². The van der Waals surface area contributed by atoms with Crippen LogP contribution in [0.3, 0.4) is 0 Å². The average molecular weight is 381 g/mol. The van der Waals surface area contributed by atoms with Gasteiger partial charge in [0.25, 0.3) is 5.91 Å². The summed E-state index contributed by atoms with van der Waals surface area (Å²) in [5, 5.41) is 12.2. The molecule has 5 atom stereocenters. The zero-order valence-corrected chi connectivity index (χ0v) is 16.1. The van der Waals surface area contributed by atoms with E-state index in [0.29, 0.717) is 30.1 Å². The highest BCUT2D eigenvalue weighted by atomic mass is 16.5. The van der Waals surface area contributed by atoms with Gasteiger partial charge in [-0.15, -0.1) is 0 Å². The summed E-state index contributed by atoms with van der Waals surface area (Å²) in [7, 11) is 0. The van der Waals surface area contributed by atoms with Crippen molar-refractivity contribution in [3.05, 3.63) is 28.8 Å². The summed E-state index contributed by atoms with van der Waals surface area (Å²) in [6, 6.07) is 3.74. The Labute approximate surface area is 164 Å². The lowest BCUT2D eigenvalue weighted by molar-refractivity contribution is -0.190. The van der Waals surface area contributed by atoms with Gasteiger partial charge in [0.1, 0.15) is 5.75 Å². The fraction of sp³-hybridized carbons (Fsp3) is 0.652. The average Bonchev–Trinajstić information content (AvgIpc) is 2.97. The summed E-state index contributed by atoms with van der Waals surface area (Å²) >= 11 is 0. The van der Waals surface area contributed by atoms with Gasteiger partial charge < -0.3 is 15.6 Å². The van der Waals surface area contributed by atoms with E-state index >= 15 is 0 Å². The summed E-state index contributed by atoms with van der Waals surface area (Å²) in [4.78, 5) is 24.9. The molecule has 0 aromatic heterocycles. The molecule has 148 valence electrons. The van der Waals surface area contributed by atoms with Crippen LogP contribution in [0.5, 0.6) is 5.75 Å². The van der Waals surface area contributed by atoms with E-state index in [2.05, 4.69) is 0 Å². The van der Waals surface area contributed by atoms with Crippen molar-refractivity contribution in [2.45, 2.75) is 74.9 Å². The fourth-order valence-electron chi connectivity index (χ4n) is 7.40. The van der Waals surface area contributed by atoms with E-state index in [0.717, 1.165) is 36.3 Å². The molecule has 3 saturated carbocycles. The number of Topliss-reactive ketones (excluding diaryl/α,β-unsaturated/α-hetero) is 1. The maximum atomic E-state index is 12.9. The molecule has 6 rings (SSSR count). The molecule has 1 aromatic carbocycles. The predicted octanol–water partition coefficient (Wildman–Crippen LogP) is 2.65. The Balaban J connectivity index is 1.54. The van der Waals surface area contributed by atoms with Crippen molar-refractivity contribution >= 4 is 11.7 Å². The zero-order valence-electron chi connectivity index (χ0n) is 16.1. The Morgan fingerprint density at radius 3 is 2.79 bits per heavy atom. The molecule has 3 N–H and O–H groups in total. The van der Waals surface area contributed by atoms with Crippen LogP contribution in [0.15, 0.2) is 12.1 Å². The number of carbonyl (C=O) groups is 2. The van der Waals surface area contributed by atoms with E-state index in [4.69, 9.17) is 10.5 Å². The Kier molecular flexibility index (Phi) is 3.27. The van der Waals surface area contributed by atoms with E-state index in [1.807, 2.05) is 6.07 Å². The number of hydrogen-bond acceptors (Lipinski definition) is 4. The van der Waals surface area contributed by atoms with E-state index in [-0.39, 0.29) is 11.7 Å². The van der Waals surface area contributed by atoms with Gasteiger partial charge >= 0.3 is 0 Å². The third kappa shape index (κ3) is 1.82. The van der Waals surface area contributed by atoms with E-state index in [1.54, 1.807) is 6.07 Å². The third-order valence-electron chi connectivity index (χ3n) is 8.85. The van der Waals surface area contributed by atoms with Crippen LogP contribution < -0.4 is 10.5 Å². The number of hydrogen-bond donors (Lipinski definition) is 2. The highest BCUT2D eigenvalue weighted by Crippen LogP contribution is 2.67. The molecule has 0 saturated heterocycles. The van der Waals surface area contributed by atoms with Crippen LogP contribution in [0.4, 0.5) is 0 Å². The topological polar surface area (TPSA) is 89.6 Å². The van der Waals surface area contributed by atoms with Crippen LogP contribution in [0, 0.1) is 17.8 Å². The highest BCUT2D eigenvalue weighted by molar-refractivity contribution is 5.98. The van der Waals surface area contributed by atoms with Crippen molar-refractivity contribution < 1.29 is 19.4 Å². The second kappa shape index (κ2) is 5.38. The minimum Gasteiger partial charge on any atom is -0.480 e. The molecule has 28 heavy (non-hydrogen) atoms. The van der Waals surface area contributed by atoms with Crippen LogP contribution in [-0.2, 0) is 16.6 Å². The van der Waals surface area contributed by atoms with Crippen LogP contribution >= 0.6 is 0 Å². The quantitative estimate of drug-likeness (QED) is 0.842. The number of rotatable bonds is 3. The van der Waals surface area contributed by atoms with E-state index < -0.39 is 23.0 Å². The first-order valence-corrected chi connectivity index (χ1v) is 10.8. The van der Waals surface area contributed by atoms with Crippen molar-refractivity contribution in [1.29, 1.82) is 0 Å². The molecule has 2 bridgehead atoms. The zero-order chi connectivity index (χ0) is 19.3. The Bertz CT molecular complexity index is 906. The number of ether oxygens (including phenoxy) is 1. The van der Waals surface area contributed by atoms with Gasteiger partial charge in [-0.3, -0.25) is 9.59 Å². The normalized spacial score (nSPS) is 40.5. The van der Waals surface area contributed by atoms with Crippen LogP contribution in [-0.4, -0.2) is 28.5 Å². The molecule has 1 amide bonds. The molecular formula is C23H27NO4. The molecule has 1 aromatic rings. The van der Waals surface area contributed by atoms with Crippen LogP contribution in [0.25, 0.3) is 0 Å². The third-order valence-corrected chi connectivity index (χ3v) is 8.85. The molecular weight excluding hydrogens is 354 g/mol. The predicted molar refractivity (Wildman–Crippen MR) is 102 cm³/mol. The number of amides is 1. The lowest BCUT2D eigenvalue weighted by atomic mass is 9.43. The number of primary amides is 1. The van der Waals surface area contributed by atoms with Gasteiger partial charge in [-0.2, -0.15) is 0 Å². The first-order chi connectivity index (χ1) is 13.5. The second-order valence-corrected chi connectivity index (χ2v) is 9.84. The largest absolute Gasteiger partial charge is 0.480 e. The summed E-state index contributed by atoms with van der Waals surface area (Å²) in [6.07, 6.45) is 7.95. The summed E-state index contributed by atoms with van der Waals surface area (Å²) in [6.45, 7) is 0. The van der Waals surface area contributed by atoms with Crippen molar-refractivity contribution in [3.63, 3.8) is 0 Å². The molecule has 5 aliphatic rings. The Morgan fingerprint density at radius 1 is 1.25 bits per heavy atom. The standard InChI is InChI=1S/C23H27NO4/c24-21(26)15-5-4-14-11-16-13(10-12-2-1-3-12)6-8-22-18(14)19(15)28-20(22)17(25)7-9-23(16,22)27/h4-5,12-13,16,20,27H,1-3,6-11H2,(H2,24,26)/t13?,16-,20-,22-,23+/m0/s1. The summed E-state index contributed by atoms with van der Waals surface area (Å²) in [5.41, 5.74) is 6.39. The van der Waals surface area contributed by atoms with Gasteiger partial charge in [0.2, 0.25) is 0 Å². The number of carbonyl (C=O) groups excluding carboxylic acids is 2. The van der Waals surface area contributed by atoms with E-state index in [9.17, 15) is 14.7 Å². The Morgan fingerprint density at radius 2 is 2.07 bits per heavy atom. The number of aliphatic hydroxyl groups is 1. The van der Waals surface area contributed by atoms with E-state index in [1.165, 1.54) is 25.7 Å². The van der Waals surface area contributed by atoms with Gasteiger partial charge in [0, 0.05) is 12.0 Å². The molecule has 1 unspecified atom stereocenters. The maximum absolute atomic E-state index is 12.9. The van der Waals surface area contributed by atoms with Crippen molar-refractivity contribution in [3.8, 4) is 5.75 Å². The monoisotopic (exact) mass is 381 g/mol. The minimum absolute atomic E-state index is 0.0559. The lowest BCUT2D eigenvalue weighted by Gasteiger charge is -2.62. The minimum atomic E-state index is -0.924. The Hall–Kier alpha value is -1.88. The number of benzene rings is 1. The van der Waals surface area contributed by atoms with Gasteiger partial charge in [0.05, 0.1) is 16.6 Å². The number of ketones is 1. The molecule has 4 aliphatic carbocycles. The summed E-state index contributed by atoms with van der Waals surface area (Å²) in [5.74, 6) is 1.46. The molecule has 1 aliphatic heterocycles. The van der Waals surface area contributed by atoms with Gasteiger partial charge in [-0.25, -0.2) is 0 Å². The highest BCUT2D eigenvalue weighted by Gasteiger charge is 2.73. The number of nitrogens with two attached hydrogens (primary N) is 1. The van der Waals surface area contributed by atoms with Gasteiger partial charge in [0.15, 0.2) is 11.9 Å². The lowest BCUT2D eigenvalue weighted by Crippen LogP contribution is -2.71. The first-order valence-electron chi connectivity index (χ1n) is 10.8. The summed E-state index contributed by atoms with van der Waals surface area (Å²) < 4.78 is 6.19. The fourth-order valence-corrected chi connectivity index (χ4v) is 7.40. The second-order valence-electron chi connectivity index (χ2n) is 9.84. The molecule has 3 fully saturated rings.